The Morgan fingerprint density at radius 1 is 0.553 bits per heavy atom. The van der Waals surface area contributed by atoms with Gasteiger partial charge in [0.25, 0.3) is 0 Å². The molecule has 0 bridgehead atoms. The molecule has 4 aliphatic rings. The van der Waals surface area contributed by atoms with Gasteiger partial charge in [-0.25, -0.2) is 0 Å². The first kappa shape index (κ1) is 28.9. The SMILES string of the molecule is CCCCCCC1CCC(NC2=C3C(=O)C=CC(NC4CCC(CCCCCC)CC4)=C3C(=O)C=C2)CC1. The Balaban J connectivity index is 1.34. The molecule has 0 aromatic rings. The molecule has 0 saturated heterocycles. The monoisotopic (exact) mass is 520 g/mol. The Kier molecular flexibility index (Phi) is 11.3. The highest BCUT2D eigenvalue weighted by atomic mass is 16.1. The fourth-order valence-corrected chi connectivity index (χ4v) is 7.02. The van der Waals surface area contributed by atoms with Gasteiger partial charge in [0, 0.05) is 23.5 Å². The number of ketones is 2. The second-order valence-electron chi connectivity index (χ2n) is 12.4. The normalized spacial score (nSPS) is 27.6. The predicted molar refractivity (Wildman–Crippen MR) is 158 cm³/mol. The summed E-state index contributed by atoms with van der Waals surface area (Å²) in [7, 11) is 0. The zero-order valence-electron chi connectivity index (χ0n) is 24.2. The van der Waals surface area contributed by atoms with Crippen LogP contribution < -0.4 is 10.6 Å². The van der Waals surface area contributed by atoms with Gasteiger partial charge in [-0.2, -0.15) is 0 Å². The number of carbonyl (C=O) groups is 2. The topological polar surface area (TPSA) is 58.2 Å². The molecule has 38 heavy (non-hydrogen) atoms. The molecule has 210 valence electrons. The van der Waals surface area contributed by atoms with Gasteiger partial charge in [0.1, 0.15) is 0 Å². The third-order valence-electron chi connectivity index (χ3n) is 9.43. The van der Waals surface area contributed by atoms with Gasteiger partial charge in [-0.15, -0.1) is 0 Å². The van der Waals surface area contributed by atoms with Crippen LogP contribution in [0.15, 0.2) is 46.8 Å². The number of unbranched alkanes of at least 4 members (excludes halogenated alkanes) is 6. The van der Waals surface area contributed by atoms with E-state index in [1.54, 1.807) is 12.2 Å². The van der Waals surface area contributed by atoms with Crippen molar-refractivity contribution in [2.45, 2.75) is 142 Å². The third kappa shape index (κ3) is 7.96. The van der Waals surface area contributed by atoms with Crippen LogP contribution in [0.5, 0.6) is 0 Å². The average Bonchev–Trinajstić information content (AvgIpc) is 2.93. The van der Waals surface area contributed by atoms with Crippen molar-refractivity contribution in [2.24, 2.45) is 11.8 Å². The molecule has 4 aliphatic carbocycles. The molecule has 0 aromatic heterocycles. The van der Waals surface area contributed by atoms with Gasteiger partial charge in [0.2, 0.25) is 0 Å². The van der Waals surface area contributed by atoms with Crippen molar-refractivity contribution >= 4 is 11.6 Å². The summed E-state index contributed by atoms with van der Waals surface area (Å²) < 4.78 is 0. The van der Waals surface area contributed by atoms with E-state index in [9.17, 15) is 9.59 Å². The number of allylic oxidation sites excluding steroid dienone is 6. The zero-order valence-corrected chi connectivity index (χ0v) is 24.2. The van der Waals surface area contributed by atoms with E-state index >= 15 is 0 Å². The quantitative estimate of drug-likeness (QED) is 0.228. The molecule has 4 nitrogen and oxygen atoms in total. The maximum atomic E-state index is 13.0. The number of carbonyl (C=O) groups excluding carboxylic acids is 2. The van der Waals surface area contributed by atoms with E-state index in [-0.39, 0.29) is 11.6 Å². The Morgan fingerprint density at radius 3 is 1.32 bits per heavy atom. The minimum atomic E-state index is -0.0499. The summed E-state index contributed by atoms with van der Waals surface area (Å²) in [6.07, 6.45) is 30.1. The molecule has 2 fully saturated rings. The van der Waals surface area contributed by atoms with Crippen molar-refractivity contribution in [1.82, 2.24) is 10.6 Å². The largest absolute Gasteiger partial charge is 0.382 e. The van der Waals surface area contributed by atoms with Crippen LogP contribution in [-0.4, -0.2) is 23.7 Å². The molecule has 0 heterocycles. The van der Waals surface area contributed by atoms with Crippen molar-refractivity contribution in [1.29, 1.82) is 0 Å². The van der Waals surface area contributed by atoms with Crippen molar-refractivity contribution in [2.75, 3.05) is 0 Å². The summed E-state index contributed by atoms with van der Waals surface area (Å²) in [5.74, 6) is 1.60. The summed E-state index contributed by atoms with van der Waals surface area (Å²) in [5, 5.41) is 7.37. The van der Waals surface area contributed by atoms with Crippen LogP contribution in [0.4, 0.5) is 0 Å². The zero-order chi connectivity index (χ0) is 26.7. The average molecular weight is 521 g/mol. The predicted octanol–water partition coefficient (Wildman–Crippen LogP) is 8.01. The fraction of sp³-hybridized carbons (Fsp3) is 0.706. The minimum Gasteiger partial charge on any atom is -0.382 e. The highest BCUT2D eigenvalue weighted by molar-refractivity contribution is 6.23. The van der Waals surface area contributed by atoms with Crippen molar-refractivity contribution in [3.8, 4) is 0 Å². The molecule has 2 saturated carbocycles. The lowest BCUT2D eigenvalue weighted by atomic mass is 9.81. The van der Waals surface area contributed by atoms with Crippen LogP contribution in [0.1, 0.15) is 129 Å². The van der Waals surface area contributed by atoms with Gasteiger partial charge in [-0.1, -0.05) is 78.1 Å². The van der Waals surface area contributed by atoms with Gasteiger partial charge in [-0.3, -0.25) is 9.59 Å². The molecular formula is C34H52N2O2. The van der Waals surface area contributed by atoms with E-state index in [0.29, 0.717) is 23.2 Å². The molecule has 4 heteroatoms. The molecule has 0 atom stereocenters. The lowest BCUT2D eigenvalue weighted by Crippen LogP contribution is -2.37. The molecule has 0 aliphatic heterocycles. The summed E-state index contributed by atoms with van der Waals surface area (Å²) in [5.41, 5.74) is 2.84. The number of fused-ring (bicyclic) bond motifs is 1. The highest BCUT2D eigenvalue weighted by Crippen LogP contribution is 2.34. The summed E-state index contributed by atoms with van der Waals surface area (Å²) in [6, 6.07) is 0.762. The molecular weight excluding hydrogens is 468 g/mol. The highest BCUT2D eigenvalue weighted by Gasteiger charge is 2.32. The first-order valence-corrected chi connectivity index (χ1v) is 16.1. The van der Waals surface area contributed by atoms with Crippen LogP contribution in [0, 0.1) is 11.8 Å². The van der Waals surface area contributed by atoms with Gasteiger partial charge in [0.15, 0.2) is 11.6 Å². The van der Waals surface area contributed by atoms with Crippen molar-refractivity contribution < 1.29 is 9.59 Å². The third-order valence-corrected chi connectivity index (χ3v) is 9.43. The maximum Gasteiger partial charge on any atom is 0.188 e. The van der Waals surface area contributed by atoms with Crippen LogP contribution in [0.3, 0.4) is 0 Å². The summed E-state index contributed by atoms with van der Waals surface area (Å²) in [6.45, 7) is 4.54. The number of hydrogen-bond donors (Lipinski definition) is 2. The van der Waals surface area contributed by atoms with E-state index in [1.165, 1.54) is 89.9 Å². The first-order chi connectivity index (χ1) is 18.6. The Labute approximate surface area is 231 Å². The van der Waals surface area contributed by atoms with E-state index in [0.717, 1.165) is 48.9 Å². The Hall–Kier alpha value is -2.10. The van der Waals surface area contributed by atoms with Crippen LogP contribution in [0.25, 0.3) is 0 Å². The second-order valence-corrected chi connectivity index (χ2v) is 12.4. The molecule has 0 radical (unpaired) electrons. The Morgan fingerprint density at radius 2 is 0.947 bits per heavy atom. The molecule has 0 unspecified atom stereocenters. The van der Waals surface area contributed by atoms with Crippen LogP contribution in [-0.2, 0) is 9.59 Å². The summed E-state index contributed by atoms with van der Waals surface area (Å²) >= 11 is 0. The maximum absolute atomic E-state index is 13.0. The van der Waals surface area contributed by atoms with Crippen LogP contribution >= 0.6 is 0 Å². The van der Waals surface area contributed by atoms with E-state index in [4.69, 9.17) is 0 Å². The number of nitrogens with one attached hydrogen (secondary N) is 2. The van der Waals surface area contributed by atoms with E-state index in [1.807, 2.05) is 12.2 Å². The second kappa shape index (κ2) is 14.9. The van der Waals surface area contributed by atoms with Gasteiger partial charge < -0.3 is 10.6 Å². The minimum absolute atomic E-state index is 0.0499. The lowest BCUT2D eigenvalue weighted by Gasteiger charge is -2.33. The molecule has 2 N–H and O–H groups in total. The smallest absolute Gasteiger partial charge is 0.188 e. The molecule has 0 spiro atoms. The van der Waals surface area contributed by atoms with Gasteiger partial charge >= 0.3 is 0 Å². The lowest BCUT2D eigenvalue weighted by molar-refractivity contribution is -0.114. The van der Waals surface area contributed by atoms with Gasteiger partial charge in [0.05, 0.1) is 11.1 Å². The number of hydrogen-bond acceptors (Lipinski definition) is 4. The standard InChI is InChI=1S/C34H52N2O2/c1-3-5-7-9-11-25-13-17-27(18-14-25)35-29-21-23-32(38)34-30(22-24-31(37)33(29)34)36-28-19-15-26(16-20-28)12-10-8-6-4-2/h21-28,35-36H,3-20H2,1-2H3. The van der Waals surface area contributed by atoms with E-state index in [2.05, 4.69) is 24.5 Å². The molecule has 0 aromatic carbocycles. The number of rotatable bonds is 14. The van der Waals surface area contributed by atoms with Crippen molar-refractivity contribution in [3.63, 3.8) is 0 Å². The summed E-state index contributed by atoms with van der Waals surface area (Å²) in [4.78, 5) is 26.1. The fourth-order valence-electron chi connectivity index (χ4n) is 7.02. The van der Waals surface area contributed by atoms with Crippen molar-refractivity contribution in [3.05, 3.63) is 46.8 Å². The molecule has 4 rings (SSSR count). The molecule has 0 amide bonds. The van der Waals surface area contributed by atoms with E-state index < -0.39 is 0 Å². The van der Waals surface area contributed by atoms with Gasteiger partial charge in [-0.05, 0) is 87.5 Å². The Bertz CT molecular complexity index is 848. The van der Waals surface area contributed by atoms with Crippen LogP contribution in [0.2, 0.25) is 0 Å². The first-order valence-electron chi connectivity index (χ1n) is 16.1.